The van der Waals surface area contributed by atoms with Crippen molar-refractivity contribution < 1.29 is 34.3 Å². The van der Waals surface area contributed by atoms with E-state index < -0.39 is 13.8 Å². The lowest BCUT2D eigenvalue weighted by Gasteiger charge is -1.94. The summed E-state index contributed by atoms with van der Waals surface area (Å²) in [7, 11) is -4.64. The van der Waals surface area contributed by atoms with Gasteiger partial charge in [0.05, 0.1) is 0 Å². The Morgan fingerprint density at radius 2 is 1.63 bits per heavy atom. The third kappa shape index (κ3) is 9.52. The maximum absolute atomic E-state index is 10.5. The molecule has 19 heavy (non-hydrogen) atoms. The molecule has 0 aliphatic rings. The van der Waals surface area contributed by atoms with E-state index in [1.165, 1.54) is 30.3 Å². The van der Waals surface area contributed by atoms with E-state index in [0.717, 1.165) is 0 Å². The molecule has 1 aromatic rings. The number of benzene rings is 1. The first kappa shape index (κ1) is 16.8. The van der Waals surface area contributed by atoms with Crippen molar-refractivity contribution in [3.8, 4) is 11.8 Å². The van der Waals surface area contributed by atoms with E-state index in [2.05, 4.69) is 0 Å². The zero-order chi connectivity index (χ0) is 15.1. The molecule has 0 fully saturated rings. The first-order valence-electron chi connectivity index (χ1n) is 4.56. The van der Waals surface area contributed by atoms with Gasteiger partial charge in [-0.1, -0.05) is 12.1 Å². The highest BCUT2D eigenvalue weighted by atomic mass is 31.2. The lowest BCUT2D eigenvalue weighted by Crippen LogP contribution is -1.97. The van der Waals surface area contributed by atoms with Gasteiger partial charge in [0.15, 0.2) is 0 Å². The SMILES string of the molecule is N#C/C(=C\c1ccc(O)cc1)C(=O)O.O=P(O)(O)O. The van der Waals surface area contributed by atoms with Gasteiger partial charge in [0.2, 0.25) is 0 Å². The van der Waals surface area contributed by atoms with Gasteiger partial charge in [-0.15, -0.1) is 0 Å². The van der Waals surface area contributed by atoms with Crippen LogP contribution in [0, 0.1) is 11.3 Å². The van der Waals surface area contributed by atoms with Crippen LogP contribution in [0.4, 0.5) is 0 Å². The smallest absolute Gasteiger partial charge is 0.466 e. The Balaban J connectivity index is 0.000000555. The van der Waals surface area contributed by atoms with Gasteiger partial charge >= 0.3 is 13.8 Å². The summed E-state index contributed by atoms with van der Waals surface area (Å²) < 4.78 is 8.88. The minimum atomic E-state index is -4.64. The van der Waals surface area contributed by atoms with Crippen molar-refractivity contribution in [3.05, 3.63) is 35.4 Å². The molecule has 0 spiro atoms. The minimum absolute atomic E-state index is 0.0935. The molecule has 5 N–H and O–H groups in total. The third-order valence-corrected chi connectivity index (χ3v) is 1.55. The highest BCUT2D eigenvalue weighted by molar-refractivity contribution is 7.45. The van der Waals surface area contributed by atoms with Gasteiger partial charge in [0.1, 0.15) is 17.4 Å². The number of carbonyl (C=O) groups is 1. The van der Waals surface area contributed by atoms with Crippen LogP contribution in [-0.2, 0) is 9.36 Å². The molecule has 1 aromatic carbocycles. The quantitative estimate of drug-likeness (QED) is 0.298. The number of carboxylic acids is 1. The van der Waals surface area contributed by atoms with Crippen molar-refractivity contribution >= 4 is 19.9 Å². The topological polar surface area (TPSA) is 159 Å². The van der Waals surface area contributed by atoms with Crippen molar-refractivity contribution in [2.24, 2.45) is 0 Å². The van der Waals surface area contributed by atoms with Gasteiger partial charge < -0.3 is 24.9 Å². The van der Waals surface area contributed by atoms with Crippen molar-refractivity contribution in [1.29, 1.82) is 5.26 Å². The largest absolute Gasteiger partial charge is 0.508 e. The van der Waals surface area contributed by atoms with Crippen LogP contribution in [-0.4, -0.2) is 30.9 Å². The summed E-state index contributed by atoms with van der Waals surface area (Å²) in [5, 5.41) is 26.0. The number of aliphatic carboxylic acids is 1. The number of phenols is 1. The van der Waals surface area contributed by atoms with E-state index >= 15 is 0 Å². The molecule has 0 aliphatic carbocycles. The predicted molar refractivity (Wildman–Crippen MR) is 63.6 cm³/mol. The molecule has 0 atom stereocenters. The number of aromatic hydroxyl groups is 1. The Labute approximate surface area is 107 Å². The Hall–Kier alpha value is -2.17. The molecule has 0 saturated carbocycles. The summed E-state index contributed by atoms with van der Waals surface area (Å²) in [6.07, 6.45) is 1.24. The number of carboxylic acid groups (broad SMARTS) is 1. The number of phenolic OH excluding ortho intramolecular Hbond substituents is 1. The van der Waals surface area contributed by atoms with E-state index in [1.807, 2.05) is 0 Å². The van der Waals surface area contributed by atoms with E-state index in [4.69, 9.17) is 34.7 Å². The molecule has 0 saturated heterocycles. The maximum Gasteiger partial charge on any atom is 0.466 e. The molecule has 0 amide bonds. The lowest BCUT2D eigenvalue weighted by atomic mass is 10.1. The van der Waals surface area contributed by atoms with Crippen molar-refractivity contribution in [2.75, 3.05) is 0 Å². The number of hydrogen-bond acceptors (Lipinski definition) is 4. The monoisotopic (exact) mass is 287 g/mol. The van der Waals surface area contributed by atoms with E-state index in [1.54, 1.807) is 6.07 Å². The van der Waals surface area contributed by atoms with Gasteiger partial charge in [-0.3, -0.25) is 0 Å². The second kappa shape index (κ2) is 7.31. The molecule has 0 unspecified atom stereocenters. The average Bonchev–Trinajstić information content (AvgIpc) is 2.25. The van der Waals surface area contributed by atoms with Gasteiger partial charge in [0, 0.05) is 0 Å². The van der Waals surface area contributed by atoms with Crippen LogP contribution >= 0.6 is 7.82 Å². The molecule has 0 aromatic heterocycles. The number of rotatable bonds is 2. The Morgan fingerprint density at radius 3 is 1.95 bits per heavy atom. The first-order chi connectivity index (χ1) is 8.63. The fourth-order valence-corrected chi connectivity index (χ4v) is 0.879. The summed E-state index contributed by atoms with van der Waals surface area (Å²) in [6.45, 7) is 0. The van der Waals surface area contributed by atoms with Crippen LogP contribution in [0.3, 0.4) is 0 Å². The van der Waals surface area contributed by atoms with Crippen LogP contribution in [0.5, 0.6) is 5.75 Å². The molecule has 0 aliphatic heterocycles. The molecular weight excluding hydrogens is 277 g/mol. The van der Waals surface area contributed by atoms with Gasteiger partial charge in [0.25, 0.3) is 0 Å². The molecular formula is C10H10NO7P. The molecule has 8 nitrogen and oxygen atoms in total. The van der Waals surface area contributed by atoms with E-state index in [-0.39, 0.29) is 11.3 Å². The Kier molecular flexibility index (Phi) is 6.47. The second-order valence-corrected chi connectivity index (χ2v) is 4.11. The van der Waals surface area contributed by atoms with Gasteiger partial charge in [-0.2, -0.15) is 5.26 Å². The van der Waals surface area contributed by atoms with Crippen molar-refractivity contribution in [2.45, 2.75) is 0 Å². The third-order valence-electron chi connectivity index (χ3n) is 1.55. The fourth-order valence-electron chi connectivity index (χ4n) is 0.879. The van der Waals surface area contributed by atoms with Gasteiger partial charge in [-0.25, -0.2) is 9.36 Å². The minimum Gasteiger partial charge on any atom is -0.508 e. The zero-order valence-electron chi connectivity index (χ0n) is 9.33. The number of hydrogen-bond donors (Lipinski definition) is 5. The van der Waals surface area contributed by atoms with Crippen molar-refractivity contribution in [3.63, 3.8) is 0 Å². The molecule has 0 bridgehead atoms. The van der Waals surface area contributed by atoms with Gasteiger partial charge in [-0.05, 0) is 23.8 Å². The summed E-state index contributed by atoms with van der Waals surface area (Å²) in [6, 6.07) is 7.45. The van der Waals surface area contributed by atoms with Crippen LogP contribution < -0.4 is 0 Å². The lowest BCUT2D eigenvalue weighted by molar-refractivity contribution is -0.132. The highest BCUT2D eigenvalue weighted by Gasteiger charge is 2.04. The van der Waals surface area contributed by atoms with Crippen molar-refractivity contribution in [1.82, 2.24) is 0 Å². The molecule has 9 heteroatoms. The predicted octanol–water partition coefficient (Wildman–Crippen LogP) is 0.455. The van der Waals surface area contributed by atoms with E-state index in [0.29, 0.717) is 5.56 Å². The fraction of sp³-hybridized carbons (Fsp3) is 0. The number of nitriles is 1. The van der Waals surface area contributed by atoms with E-state index in [9.17, 15) is 4.79 Å². The van der Waals surface area contributed by atoms with Crippen LogP contribution in [0.25, 0.3) is 6.08 Å². The van der Waals surface area contributed by atoms with Crippen LogP contribution in [0.15, 0.2) is 29.8 Å². The summed E-state index contributed by atoms with van der Waals surface area (Å²) in [4.78, 5) is 32.0. The maximum atomic E-state index is 10.5. The molecule has 1 rings (SSSR count). The molecule has 0 radical (unpaired) electrons. The first-order valence-corrected chi connectivity index (χ1v) is 6.12. The average molecular weight is 287 g/mol. The Morgan fingerprint density at radius 1 is 1.21 bits per heavy atom. The standard InChI is InChI=1S/C10H7NO3.H3O4P/c11-6-8(10(13)14)5-7-1-3-9(12)4-2-7;1-5(2,3)4/h1-5,12H,(H,13,14);(H3,1,2,3,4)/b8-5+;. The molecule has 0 heterocycles. The number of phosphoric acid groups is 1. The Bertz CT molecular complexity index is 544. The second-order valence-electron chi connectivity index (χ2n) is 3.08. The normalized spacial score (nSPS) is 10.9. The van der Waals surface area contributed by atoms with Crippen LogP contribution in [0.1, 0.15) is 5.56 Å². The molecule has 102 valence electrons. The summed E-state index contributed by atoms with van der Waals surface area (Å²) in [5.41, 5.74) is 0.220. The van der Waals surface area contributed by atoms with Crippen LogP contribution in [0.2, 0.25) is 0 Å². The number of nitrogens with zero attached hydrogens (tertiary/aromatic N) is 1. The highest BCUT2D eigenvalue weighted by Crippen LogP contribution is 2.25. The summed E-state index contributed by atoms with van der Waals surface area (Å²) in [5.74, 6) is -1.17. The summed E-state index contributed by atoms with van der Waals surface area (Å²) >= 11 is 0. The zero-order valence-corrected chi connectivity index (χ0v) is 10.2.